The van der Waals surface area contributed by atoms with Gasteiger partial charge in [0.2, 0.25) is 10.0 Å². The van der Waals surface area contributed by atoms with Crippen LogP contribution < -0.4 is 14.2 Å². The maximum Gasteiger partial charge on any atom is 0.257 e. The number of methoxy groups -OCH3 is 1. The molecular weight excluding hydrogens is 416 g/mol. The van der Waals surface area contributed by atoms with Gasteiger partial charge in [-0.25, -0.2) is 13.1 Å². The molecule has 1 saturated heterocycles. The van der Waals surface area contributed by atoms with Gasteiger partial charge in [-0.1, -0.05) is 6.07 Å². The second-order valence-electron chi connectivity index (χ2n) is 7.71. The van der Waals surface area contributed by atoms with Crippen LogP contribution in [0.25, 0.3) is 0 Å². The van der Waals surface area contributed by atoms with Crippen molar-refractivity contribution in [1.82, 2.24) is 9.62 Å². The molecule has 8 heteroatoms. The highest BCUT2D eigenvalue weighted by Crippen LogP contribution is 2.25. The number of benzene rings is 2. The van der Waals surface area contributed by atoms with Crippen molar-refractivity contribution in [3.05, 3.63) is 53.1 Å². The van der Waals surface area contributed by atoms with Crippen molar-refractivity contribution in [2.75, 3.05) is 33.4 Å². The Hall–Kier alpha value is -2.58. The van der Waals surface area contributed by atoms with Crippen LogP contribution in [0.2, 0.25) is 0 Å². The maximum atomic E-state index is 12.9. The fourth-order valence-corrected chi connectivity index (χ4v) is 4.56. The van der Waals surface area contributed by atoms with Crippen molar-refractivity contribution in [3.63, 3.8) is 0 Å². The number of rotatable bonds is 8. The number of sulfonamides is 1. The third-order valence-electron chi connectivity index (χ3n) is 5.50. The molecule has 1 heterocycles. The van der Waals surface area contributed by atoms with E-state index in [1.165, 1.54) is 30.9 Å². The third kappa shape index (κ3) is 5.77. The topological polar surface area (TPSA) is 84.9 Å². The van der Waals surface area contributed by atoms with Crippen molar-refractivity contribution in [3.8, 4) is 11.5 Å². The van der Waals surface area contributed by atoms with Gasteiger partial charge >= 0.3 is 0 Å². The summed E-state index contributed by atoms with van der Waals surface area (Å²) in [5, 5.41) is 0. The molecule has 1 aliphatic rings. The molecule has 31 heavy (non-hydrogen) atoms. The fraction of sp³-hybridized carbons (Fsp3) is 0.435. The van der Waals surface area contributed by atoms with Crippen LogP contribution in [-0.4, -0.2) is 52.6 Å². The summed E-state index contributed by atoms with van der Waals surface area (Å²) in [4.78, 5) is 14.7. The quantitative estimate of drug-likeness (QED) is 0.629. The lowest BCUT2D eigenvalue weighted by atomic mass is 10.1. The van der Waals surface area contributed by atoms with Gasteiger partial charge in [0.05, 0.1) is 17.6 Å². The first kappa shape index (κ1) is 23.1. The van der Waals surface area contributed by atoms with E-state index in [1.54, 1.807) is 4.90 Å². The van der Waals surface area contributed by atoms with Crippen molar-refractivity contribution >= 4 is 15.9 Å². The first-order valence-electron chi connectivity index (χ1n) is 10.5. The molecule has 0 spiro atoms. The Morgan fingerprint density at radius 1 is 1.03 bits per heavy atom. The van der Waals surface area contributed by atoms with Crippen molar-refractivity contribution in [2.45, 2.75) is 38.0 Å². The highest BCUT2D eigenvalue weighted by atomic mass is 32.2. The van der Waals surface area contributed by atoms with E-state index in [0.717, 1.165) is 24.8 Å². The zero-order valence-electron chi connectivity index (χ0n) is 18.3. The van der Waals surface area contributed by atoms with Gasteiger partial charge in [-0.2, -0.15) is 0 Å². The van der Waals surface area contributed by atoms with Crippen molar-refractivity contribution in [1.29, 1.82) is 0 Å². The summed E-state index contributed by atoms with van der Waals surface area (Å²) in [6.45, 7) is 5.66. The van der Waals surface area contributed by atoms with Crippen LogP contribution in [-0.2, 0) is 10.0 Å². The summed E-state index contributed by atoms with van der Waals surface area (Å²) in [6, 6.07) is 10.1. The van der Waals surface area contributed by atoms with E-state index in [4.69, 9.17) is 9.47 Å². The summed E-state index contributed by atoms with van der Waals surface area (Å²) in [5.74, 6) is 0.862. The molecule has 0 unspecified atom stereocenters. The monoisotopic (exact) mass is 446 g/mol. The SMILES string of the molecule is COc1ccc(S(=O)(=O)NCCOc2ccc(C)c(C)c2)cc1C(=O)N1CCCCC1. The van der Waals surface area contributed by atoms with Gasteiger partial charge in [-0.15, -0.1) is 0 Å². The number of aryl methyl sites for hydroxylation is 2. The lowest BCUT2D eigenvalue weighted by Crippen LogP contribution is -2.36. The van der Waals surface area contributed by atoms with Crippen LogP contribution in [0.1, 0.15) is 40.7 Å². The van der Waals surface area contributed by atoms with Gasteiger partial charge in [0.25, 0.3) is 5.91 Å². The predicted octanol–water partition coefficient (Wildman–Crippen LogP) is 3.30. The molecule has 1 amide bonds. The Morgan fingerprint density at radius 2 is 1.77 bits per heavy atom. The maximum absolute atomic E-state index is 12.9. The summed E-state index contributed by atoms with van der Waals surface area (Å²) >= 11 is 0. The standard InChI is InChI=1S/C23H30N2O5S/c1-17-7-8-19(15-18(17)2)30-14-11-24-31(27,28)20-9-10-22(29-3)21(16-20)23(26)25-12-5-4-6-13-25/h7-10,15-16,24H,4-6,11-14H2,1-3H3. The molecule has 168 valence electrons. The fourth-order valence-electron chi connectivity index (χ4n) is 3.52. The minimum Gasteiger partial charge on any atom is -0.496 e. The Balaban J connectivity index is 1.67. The minimum absolute atomic E-state index is 0.0276. The van der Waals surface area contributed by atoms with Crippen molar-refractivity contribution < 1.29 is 22.7 Å². The zero-order chi connectivity index (χ0) is 22.4. The van der Waals surface area contributed by atoms with E-state index in [0.29, 0.717) is 24.6 Å². The number of hydrogen-bond donors (Lipinski definition) is 1. The molecule has 2 aromatic rings. The third-order valence-corrected chi connectivity index (χ3v) is 6.95. The largest absolute Gasteiger partial charge is 0.496 e. The summed E-state index contributed by atoms with van der Waals surface area (Å²) < 4.78 is 39.0. The number of ether oxygens (including phenoxy) is 2. The van der Waals surface area contributed by atoms with Gasteiger partial charge in [0.15, 0.2) is 0 Å². The molecule has 7 nitrogen and oxygen atoms in total. The van der Waals surface area contributed by atoms with Gasteiger partial charge < -0.3 is 14.4 Å². The van der Waals surface area contributed by atoms with Crippen LogP contribution in [0.5, 0.6) is 11.5 Å². The number of piperidine rings is 1. The molecule has 1 N–H and O–H groups in total. The normalized spacial score (nSPS) is 14.4. The summed E-state index contributed by atoms with van der Waals surface area (Å²) in [7, 11) is -2.33. The van der Waals surface area contributed by atoms with Gasteiger partial charge in [0, 0.05) is 19.6 Å². The molecule has 3 rings (SSSR count). The van der Waals surface area contributed by atoms with Gasteiger partial charge in [0.1, 0.15) is 18.1 Å². The average molecular weight is 447 g/mol. The van der Waals surface area contributed by atoms with Crippen LogP contribution in [0.3, 0.4) is 0 Å². The van der Waals surface area contributed by atoms with Crippen LogP contribution >= 0.6 is 0 Å². The number of carbonyl (C=O) groups is 1. The molecule has 2 aromatic carbocycles. The minimum atomic E-state index is -3.80. The Labute approximate surface area is 184 Å². The van der Waals surface area contributed by atoms with E-state index >= 15 is 0 Å². The molecule has 0 saturated carbocycles. The van der Waals surface area contributed by atoms with E-state index < -0.39 is 10.0 Å². The van der Waals surface area contributed by atoms with Crippen LogP contribution in [0.4, 0.5) is 0 Å². The number of carbonyl (C=O) groups excluding carboxylic acids is 1. The Morgan fingerprint density at radius 3 is 2.45 bits per heavy atom. The highest BCUT2D eigenvalue weighted by Gasteiger charge is 2.24. The number of likely N-dealkylation sites (tertiary alicyclic amines) is 1. The lowest BCUT2D eigenvalue weighted by molar-refractivity contribution is 0.0720. The molecule has 0 aromatic heterocycles. The number of nitrogens with zero attached hydrogens (tertiary/aromatic N) is 1. The van der Waals surface area contributed by atoms with E-state index in [-0.39, 0.29) is 29.5 Å². The number of nitrogens with one attached hydrogen (secondary N) is 1. The zero-order valence-corrected chi connectivity index (χ0v) is 19.1. The molecule has 0 atom stereocenters. The molecule has 0 bridgehead atoms. The second-order valence-corrected chi connectivity index (χ2v) is 9.47. The first-order chi connectivity index (χ1) is 14.8. The van der Waals surface area contributed by atoms with E-state index in [2.05, 4.69) is 4.72 Å². The van der Waals surface area contributed by atoms with E-state index in [9.17, 15) is 13.2 Å². The summed E-state index contributed by atoms with van der Waals surface area (Å²) in [6.07, 6.45) is 3.01. The molecule has 1 fully saturated rings. The molecule has 0 radical (unpaired) electrons. The van der Waals surface area contributed by atoms with E-state index in [1.807, 2.05) is 32.0 Å². The predicted molar refractivity (Wildman–Crippen MR) is 119 cm³/mol. The van der Waals surface area contributed by atoms with Crippen LogP contribution in [0.15, 0.2) is 41.3 Å². The van der Waals surface area contributed by atoms with Crippen molar-refractivity contribution in [2.24, 2.45) is 0 Å². The molecular formula is C23H30N2O5S. The Bertz CT molecular complexity index is 1030. The number of hydrogen-bond acceptors (Lipinski definition) is 5. The molecule has 0 aliphatic carbocycles. The van der Waals surface area contributed by atoms with Crippen LogP contribution in [0, 0.1) is 13.8 Å². The smallest absolute Gasteiger partial charge is 0.257 e. The first-order valence-corrected chi connectivity index (χ1v) is 12.0. The molecule has 1 aliphatic heterocycles. The lowest BCUT2D eigenvalue weighted by Gasteiger charge is -2.27. The average Bonchev–Trinajstić information content (AvgIpc) is 2.78. The second kappa shape index (κ2) is 10.2. The summed E-state index contributed by atoms with van der Waals surface area (Å²) in [5.41, 5.74) is 2.54. The number of amides is 1. The van der Waals surface area contributed by atoms with Gasteiger partial charge in [-0.05, 0) is 74.6 Å². The highest BCUT2D eigenvalue weighted by molar-refractivity contribution is 7.89. The Kier molecular flexibility index (Phi) is 7.56. The van der Waals surface area contributed by atoms with Gasteiger partial charge in [-0.3, -0.25) is 4.79 Å².